The quantitative estimate of drug-likeness (QED) is 0.785. The van der Waals surface area contributed by atoms with E-state index in [9.17, 15) is 13.2 Å². The maximum absolute atomic E-state index is 12.5. The molecule has 0 bridgehead atoms. The molecule has 1 fully saturated rings. The van der Waals surface area contributed by atoms with Crippen molar-refractivity contribution in [2.24, 2.45) is 0 Å². The zero-order chi connectivity index (χ0) is 16.3. The van der Waals surface area contributed by atoms with Gasteiger partial charge in [-0.25, -0.2) is 8.42 Å². The molecule has 7 heteroatoms. The van der Waals surface area contributed by atoms with Gasteiger partial charge in [0.15, 0.2) is 9.84 Å². The van der Waals surface area contributed by atoms with Gasteiger partial charge in [0, 0.05) is 24.0 Å². The topological polar surface area (TPSA) is 57.7 Å². The van der Waals surface area contributed by atoms with Crippen LogP contribution >= 0.6 is 11.3 Å². The van der Waals surface area contributed by atoms with E-state index in [1.54, 1.807) is 16.2 Å². The second kappa shape index (κ2) is 7.10. The Morgan fingerprint density at radius 1 is 1.45 bits per heavy atom. The minimum Gasteiger partial charge on any atom is -0.338 e. The largest absolute Gasteiger partial charge is 0.338 e. The summed E-state index contributed by atoms with van der Waals surface area (Å²) in [5, 5.41) is 2.06. The highest BCUT2D eigenvalue weighted by atomic mass is 32.2. The summed E-state index contributed by atoms with van der Waals surface area (Å²) in [5.74, 6) is 0.327. The van der Waals surface area contributed by atoms with Gasteiger partial charge in [0.05, 0.1) is 18.1 Å². The Kier molecular flexibility index (Phi) is 5.63. The van der Waals surface area contributed by atoms with Crippen LogP contribution in [0.4, 0.5) is 0 Å². The van der Waals surface area contributed by atoms with E-state index in [1.807, 2.05) is 18.9 Å². The number of rotatable bonds is 6. The minimum absolute atomic E-state index is 0.0151. The fourth-order valence-electron chi connectivity index (χ4n) is 2.85. The first-order chi connectivity index (χ1) is 10.3. The average Bonchev–Trinajstić information content (AvgIpc) is 2.97. The van der Waals surface area contributed by atoms with Crippen LogP contribution in [0, 0.1) is 6.92 Å². The van der Waals surface area contributed by atoms with E-state index in [2.05, 4.69) is 18.4 Å². The van der Waals surface area contributed by atoms with Crippen molar-refractivity contribution < 1.29 is 13.2 Å². The Morgan fingerprint density at radius 3 is 2.68 bits per heavy atom. The third-order valence-corrected chi connectivity index (χ3v) is 6.86. The molecule has 0 spiro atoms. The van der Waals surface area contributed by atoms with Crippen LogP contribution in [0.2, 0.25) is 0 Å². The first-order valence-corrected chi connectivity index (χ1v) is 10.2. The normalized spacial score (nSPS) is 20.5. The Hall–Kier alpha value is -0.920. The highest BCUT2D eigenvalue weighted by Crippen LogP contribution is 2.19. The van der Waals surface area contributed by atoms with Crippen molar-refractivity contribution in [3.05, 3.63) is 21.9 Å². The fraction of sp³-hybridized carbons (Fsp3) is 0.667. The molecule has 5 nitrogen and oxygen atoms in total. The molecule has 1 aromatic heterocycles. The molecule has 1 aromatic rings. The van der Waals surface area contributed by atoms with Gasteiger partial charge in [-0.05, 0) is 44.3 Å². The summed E-state index contributed by atoms with van der Waals surface area (Å²) < 4.78 is 23.2. The molecule has 1 aliphatic heterocycles. The van der Waals surface area contributed by atoms with Crippen LogP contribution in [-0.4, -0.2) is 61.8 Å². The minimum atomic E-state index is -2.97. The third kappa shape index (κ3) is 4.30. The number of sulfone groups is 1. The van der Waals surface area contributed by atoms with Gasteiger partial charge in [-0.15, -0.1) is 11.3 Å². The molecule has 1 saturated heterocycles. The molecule has 0 aliphatic carbocycles. The van der Waals surface area contributed by atoms with Crippen molar-refractivity contribution in [2.75, 3.05) is 31.6 Å². The lowest BCUT2D eigenvalue weighted by Crippen LogP contribution is -2.45. The molecule has 1 aliphatic rings. The molecule has 1 amide bonds. The highest BCUT2D eigenvalue weighted by Gasteiger charge is 2.33. The zero-order valence-corrected chi connectivity index (χ0v) is 15.0. The predicted octanol–water partition coefficient (Wildman–Crippen LogP) is 1.52. The Balaban J connectivity index is 1.93. The van der Waals surface area contributed by atoms with Crippen molar-refractivity contribution in [2.45, 2.75) is 32.9 Å². The number of likely N-dealkylation sites (N-methyl/N-ethyl adjacent to an activating group) is 2. The van der Waals surface area contributed by atoms with Crippen LogP contribution in [-0.2, 0) is 21.2 Å². The predicted molar refractivity (Wildman–Crippen MR) is 89.8 cm³/mol. The molecular formula is C15H24N2O3S2. The molecular weight excluding hydrogens is 320 g/mol. The van der Waals surface area contributed by atoms with Crippen LogP contribution in [0.15, 0.2) is 11.4 Å². The summed E-state index contributed by atoms with van der Waals surface area (Å²) in [6.07, 6.45) is 0.565. The lowest BCUT2D eigenvalue weighted by molar-refractivity contribution is -0.133. The summed E-state index contributed by atoms with van der Waals surface area (Å²) in [6, 6.07) is 1.93. The molecule has 0 aromatic carbocycles. The summed E-state index contributed by atoms with van der Waals surface area (Å²) in [4.78, 5) is 17.5. The molecule has 124 valence electrons. The number of hydrogen-bond acceptors (Lipinski definition) is 5. The summed E-state index contributed by atoms with van der Waals surface area (Å²) in [6.45, 7) is 5.61. The summed E-state index contributed by atoms with van der Waals surface area (Å²) in [5.41, 5.74) is 1.25. The average molecular weight is 345 g/mol. The maximum atomic E-state index is 12.5. The monoisotopic (exact) mass is 344 g/mol. The van der Waals surface area contributed by atoms with Gasteiger partial charge in [-0.2, -0.15) is 0 Å². The second-order valence-electron chi connectivity index (χ2n) is 5.94. The third-order valence-electron chi connectivity index (χ3n) is 4.10. The first-order valence-electron chi connectivity index (χ1n) is 7.54. The second-order valence-corrected chi connectivity index (χ2v) is 9.17. The fourth-order valence-corrected chi connectivity index (χ4v) is 5.56. The van der Waals surface area contributed by atoms with Crippen LogP contribution in [0.3, 0.4) is 0 Å². The van der Waals surface area contributed by atoms with Crippen LogP contribution in [0.5, 0.6) is 0 Å². The van der Waals surface area contributed by atoms with Gasteiger partial charge >= 0.3 is 0 Å². The van der Waals surface area contributed by atoms with Crippen molar-refractivity contribution in [3.63, 3.8) is 0 Å². The number of thiophene rings is 1. The Labute approximate surface area is 136 Å². The van der Waals surface area contributed by atoms with E-state index in [0.717, 1.165) is 6.54 Å². The summed E-state index contributed by atoms with van der Waals surface area (Å²) >= 11 is 1.70. The SMILES string of the molecule is CCN(C(=O)CN(C)Cc1sccc1C)C1CCS(=O)(=O)C1. The summed E-state index contributed by atoms with van der Waals surface area (Å²) in [7, 11) is -1.04. The molecule has 1 unspecified atom stereocenters. The molecule has 0 N–H and O–H groups in total. The van der Waals surface area contributed by atoms with Crippen molar-refractivity contribution in [3.8, 4) is 0 Å². The number of amides is 1. The van der Waals surface area contributed by atoms with Crippen molar-refractivity contribution >= 4 is 27.1 Å². The lowest BCUT2D eigenvalue weighted by Gasteiger charge is -2.29. The molecule has 22 heavy (non-hydrogen) atoms. The number of nitrogens with zero attached hydrogens (tertiary/aromatic N) is 2. The van der Waals surface area contributed by atoms with Gasteiger partial charge < -0.3 is 4.90 Å². The van der Waals surface area contributed by atoms with E-state index in [4.69, 9.17) is 0 Å². The lowest BCUT2D eigenvalue weighted by atomic mass is 10.2. The van der Waals surface area contributed by atoms with Crippen LogP contribution in [0.1, 0.15) is 23.8 Å². The number of hydrogen-bond donors (Lipinski definition) is 0. The van der Waals surface area contributed by atoms with Crippen molar-refractivity contribution in [1.82, 2.24) is 9.80 Å². The van der Waals surface area contributed by atoms with E-state index in [1.165, 1.54) is 10.4 Å². The van der Waals surface area contributed by atoms with Crippen LogP contribution < -0.4 is 0 Å². The highest BCUT2D eigenvalue weighted by molar-refractivity contribution is 7.91. The smallest absolute Gasteiger partial charge is 0.237 e. The Bertz CT molecular complexity index is 624. The van der Waals surface area contributed by atoms with Gasteiger partial charge in [0.1, 0.15) is 0 Å². The first kappa shape index (κ1) is 17.4. The van der Waals surface area contributed by atoms with E-state index < -0.39 is 9.84 Å². The van der Waals surface area contributed by atoms with Gasteiger partial charge in [-0.1, -0.05) is 0 Å². The zero-order valence-electron chi connectivity index (χ0n) is 13.4. The Morgan fingerprint density at radius 2 is 2.18 bits per heavy atom. The van der Waals surface area contributed by atoms with E-state index in [-0.39, 0.29) is 23.5 Å². The molecule has 2 heterocycles. The van der Waals surface area contributed by atoms with Gasteiger partial charge in [-0.3, -0.25) is 9.69 Å². The van der Waals surface area contributed by atoms with Gasteiger partial charge in [0.25, 0.3) is 0 Å². The molecule has 0 radical (unpaired) electrons. The number of aryl methyl sites for hydroxylation is 1. The van der Waals surface area contributed by atoms with Crippen LogP contribution in [0.25, 0.3) is 0 Å². The standard InChI is InChI=1S/C15H24N2O3S2/c1-4-17(13-6-8-22(19,20)11-13)15(18)10-16(3)9-14-12(2)5-7-21-14/h5,7,13H,4,6,8-11H2,1-3H3. The number of carbonyl (C=O) groups is 1. The van der Waals surface area contributed by atoms with E-state index in [0.29, 0.717) is 19.5 Å². The van der Waals surface area contributed by atoms with Crippen molar-refractivity contribution in [1.29, 1.82) is 0 Å². The molecule has 0 saturated carbocycles. The number of carbonyl (C=O) groups excluding carboxylic acids is 1. The molecule has 2 rings (SSSR count). The van der Waals surface area contributed by atoms with Gasteiger partial charge in [0.2, 0.25) is 5.91 Å². The maximum Gasteiger partial charge on any atom is 0.237 e. The molecule has 1 atom stereocenters. The van der Waals surface area contributed by atoms with E-state index >= 15 is 0 Å².